The van der Waals surface area contributed by atoms with Gasteiger partial charge in [0.25, 0.3) is 0 Å². The molecule has 1 nitrogen and oxygen atoms in total. The van der Waals surface area contributed by atoms with Crippen LogP contribution in [0.1, 0.15) is 1.43 Å². The molecule has 0 saturated carbocycles. The molecule has 4 heteroatoms. The van der Waals surface area contributed by atoms with E-state index < -0.39 is 16.5 Å². The van der Waals surface area contributed by atoms with Crippen LogP contribution in [0, 0.1) is 0 Å². The van der Waals surface area contributed by atoms with E-state index in [2.05, 4.69) is 43.9 Å². The third-order valence-corrected chi connectivity index (χ3v) is 6.75. The standard InChI is InChI=1S/C6H19NSi2.Na.H2.H/c1-8(2,3)7-9(4,5)6;;;/h7H,1-6H3;;1H;. The molecule has 0 radical (unpaired) electrons. The molecule has 0 aromatic rings. The van der Waals surface area contributed by atoms with Crippen LogP contribution in [0.4, 0.5) is 0 Å². The summed E-state index contributed by atoms with van der Waals surface area (Å²) in [5.74, 6) is 0. The summed E-state index contributed by atoms with van der Waals surface area (Å²) in [4.78, 5) is 0. The molecule has 0 aromatic carbocycles. The van der Waals surface area contributed by atoms with Gasteiger partial charge in [0.05, 0.1) is 0 Å². The van der Waals surface area contributed by atoms with E-state index in [1.165, 1.54) is 0 Å². The summed E-state index contributed by atoms with van der Waals surface area (Å²) in [6, 6.07) is 0. The van der Waals surface area contributed by atoms with E-state index in [0.29, 0.717) is 0 Å². The van der Waals surface area contributed by atoms with Crippen molar-refractivity contribution in [3.05, 3.63) is 0 Å². The second-order valence-corrected chi connectivity index (χ2v) is 14.6. The number of hydrogen-bond donors (Lipinski definition) is 1. The second kappa shape index (κ2) is 4.43. The molecule has 60 valence electrons. The van der Waals surface area contributed by atoms with Crippen molar-refractivity contribution < 1.29 is 1.43 Å². The zero-order valence-electron chi connectivity index (χ0n) is 7.50. The van der Waals surface area contributed by atoms with Gasteiger partial charge in [-0.25, -0.2) is 0 Å². The minimum absolute atomic E-state index is 0. The molecule has 0 fully saturated rings. The van der Waals surface area contributed by atoms with Crippen LogP contribution in [0.3, 0.4) is 0 Å². The van der Waals surface area contributed by atoms with Crippen molar-refractivity contribution in [3.8, 4) is 0 Å². The van der Waals surface area contributed by atoms with Gasteiger partial charge in [0, 0.05) is 1.43 Å². The Kier molecular flexibility index (Phi) is 6.18. The second-order valence-electron chi connectivity index (χ2n) is 4.62. The van der Waals surface area contributed by atoms with E-state index in [4.69, 9.17) is 0 Å². The number of nitrogens with one attached hydrogen (secondary N) is 1. The van der Waals surface area contributed by atoms with Gasteiger partial charge in [-0.3, -0.25) is 0 Å². The Labute approximate surface area is 90.9 Å². The molecular formula is C6H22NNaSi2. The van der Waals surface area contributed by atoms with Crippen molar-refractivity contribution in [2.45, 2.75) is 39.3 Å². The van der Waals surface area contributed by atoms with Crippen molar-refractivity contribution in [2.24, 2.45) is 0 Å². The van der Waals surface area contributed by atoms with Crippen molar-refractivity contribution in [1.82, 2.24) is 4.65 Å². The molecule has 0 aliphatic carbocycles. The van der Waals surface area contributed by atoms with Crippen molar-refractivity contribution in [2.75, 3.05) is 0 Å². The molecule has 0 unspecified atom stereocenters. The van der Waals surface area contributed by atoms with Crippen molar-refractivity contribution in [1.29, 1.82) is 0 Å². The summed E-state index contributed by atoms with van der Waals surface area (Å²) in [5.41, 5.74) is 0. The summed E-state index contributed by atoms with van der Waals surface area (Å²) in [7, 11) is -1.96. The molecule has 0 amide bonds. The Morgan fingerprint density at radius 2 is 1.00 bits per heavy atom. The van der Waals surface area contributed by atoms with Gasteiger partial charge in [0.1, 0.15) is 16.5 Å². The maximum atomic E-state index is 3.74. The zero-order chi connectivity index (χ0) is 7.71. The van der Waals surface area contributed by atoms with E-state index in [1.54, 1.807) is 0 Å². The van der Waals surface area contributed by atoms with Crippen LogP contribution in [0.5, 0.6) is 0 Å². The Morgan fingerprint density at radius 3 is 1.00 bits per heavy atom. The molecule has 10 heavy (non-hydrogen) atoms. The average molecular weight is 187 g/mol. The number of rotatable bonds is 2. The minimum atomic E-state index is -0.981. The van der Waals surface area contributed by atoms with Crippen LogP contribution >= 0.6 is 0 Å². The summed E-state index contributed by atoms with van der Waals surface area (Å²) in [6.45, 7) is 14.1. The van der Waals surface area contributed by atoms with Gasteiger partial charge in [-0.2, -0.15) is 0 Å². The van der Waals surface area contributed by atoms with Gasteiger partial charge < -0.3 is 4.65 Å². The molecule has 0 aromatic heterocycles. The van der Waals surface area contributed by atoms with Crippen LogP contribution in [-0.2, 0) is 0 Å². The zero-order valence-corrected chi connectivity index (χ0v) is 9.50. The van der Waals surface area contributed by atoms with Crippen LogP contribution in [0.25, 0.3) is 0 Å². The molecule has 0 bridgehead atoms. The first-order chi connectivity index (χ1) is 3.71. The topological polar surface area (TPSA) is 12.0 Å². The molecule has 0 heterocycles. The Morgan fingerprint density at radius 1 is 0.800 bits per heavy atom. The Hall–Kier alpha value is 1.39. The van der Waals surface area contributed by atoms with E-state index in [1.807, 2.05) is 0 Å². The van der Waals surface area contributed by atoms with E-state index >= 15 is 0 Å². The number of hydrogen-bond acceptors (Lipinski definition) is 1. The van der Waals surface area contributed by atoms with Crippen molar-refractivity contribution >= 4 is 46.0 Å². The summed E-state index contributed by atoms with van der Waals surface area (Å²) >= 11 is 0. The first-order valence-corrected chi connectivity index (χ1v) is 10.5. The van der Waals surface area contributed by atoms with Gasteiger partial charge in [-0.15, -0.1) is 0 Å². The normalized spacial score (nSPS) is 12.6. The maximum absolute atomic E-state index is 3.74. The third-order valence-electron chi connectivity index (χ3n) is 0.750. The molecule has 0 aliphatic rings. The Bertz CT molecular complexity index is 85.7. The van der Waals surface area contributed by atoms with E-state index in [0.717, 1.165) is 0 Å². The molecule has 0 aliphatic heterocycles. The van der Waals surface area contributed by atoms with E-state index in [9.17, 15) is 0 Å². The molecule has 0 saturated heterocycles. The third kappa shape index (κ3) is 12.1. The van der Waals surface area contributed by atoms with E-state index in [-0.39, 0.29) is 31.0 Å². The Balaban J connectivity index is -0.000000320. The first kappa shape index (κ1) is 13.9. The molecule has 0 atom stereocenters. The van der Waals surface area contributed by atoms with Crippen LogP contribution in [-0.4, -0.2) is 46.0 Å². The predicted octanol–water partition coefficient (Wildman–Crippen LogP) is 1.84. The van der Waals surface area contributed by atoms with Gasteiger partial charge in [-0.05, 0) is 0 Å². The molecule has 0 spiro atoms. The SMILES string of the molecule is C[Si](C)(C)N[Si](C)(C)C.[HH].[NaH]. The van der Waals surface area contributed by atoms with Gasteiger partial charge >= 0.3 is 29.6 Å². The quantitative estimate of drug-likeness (QED) is 0.651. The predicted molar refractivity (Wildman–Crippen MR) is 59.1 cm³/mol. The molecule has 0 rings (SSSR count). The van der Waals surface area contributed by atoms with Crippen molar-refractivity contribution in [3.63, 3.8) is 0 Å². The fourth-order valence-corrected chi connectivity index (χ4v) is 10.1. The molecule has 1 N–H and O–H groups in total. The summed E-state index contributed by atoms with van der Waals surface area (Å²) < 4.78 is 3.74. The first-order valence-electron chi connectivity index (χ1n) is 3.50. The molecular weight excluding hydrogens is 165 g/mol. The van der Waals surface area contributed by atoms with Gasteiger partial charge in [0.2, 0.25) is 0 Å². The fourth-order valence-electron chi connectivity index (χ4n) is 1.12. The van der Waals surface area contributed by atoms with Crippen LogP contribution < -0.4 is 4.65 Å². The summed E-state index contributed by atoms with van der Waals surface area (Å²) in [6.07, 6.45) is 0. The van der Waals surface area contributed by atoms with Gasteiger partial charge in [-0.1, -0.05) is 39.3 Å². The average Bonchev–Trinajstić information content (AvgIpc) is 1.14. The van der Waals surface area contributed by atoms with Gasteiger partial charge in [0.15, 0.2) is 0 Å². The fraction of sp³-hybridized carbons (Fsp3) is 1.00. The van der Waals surface area contributed by atoms with Crippen LogP contribution in [0.15, 0.2) is 0 Å². The monoisotopic (exact) mass is 187 g/mol. The van der Waals surface area contributed by atoms with Crippen LogP contribution in [0.2, 0.25) is 39.3 Å². The summed E-state index contributed by atoms with van der Waals surface area (Å²) in [5, 5.41) is 0.